The molecule has 5 nitrogen and oxygen atoms in total. The van der Waals surface area contributed by atoms with Crippen LogP contribution >= 0.6 is 11.6 Å². The predicted octanol–water partition coefficient (Wildman–Crippen LogP) is 1.43. The molecule has 0 radical (unpaired) electrons. The van der Waals surface area contributed by atoms with Gasteiger partial charge in [0, 0.05) is 12.7 Å². The molecule has 2 rings (SSSR count). The van der Waals surface area contributed by atoms with Crippen molar-refractivity contribution in [2.75, 3.05) is 6.54 Å². The summed E-state index contributed by atoms with van der Waals surface area (Å²) >= 11 is 6.12. The molecule has 0 saturated heterocycles. The molecular formula is C10H12ClN5. The Balaban J connectivity index is 2.23. The molecule has 0 aliphatic heterocycles. The standard InChI is InChI=1S/C10H12ClN5/c1-2-12-4-8-3-9(11)10(14-5-8)16-7-13-6-15-16/h3,5-7,12H,2,4H2,1H3. The molecule has 0 amide bonds. The van der Waals surface area contributed by atoms with Crippen LogP contribution in [0.15, 0.2) is 24.9 Å². The van der Waals surface area contributed by atoms with E-state index in [0.717, 1.165) is 18.7 Å². The third-order valence-electron chi connectivity index (χ3n) is 2.09. The van der Waals surface area contributed by atoms with Gasteiger partial charge < -0.3 is 5.32 Å². The Kier molecular flexibility index (Phi) is 3.48. The molecule has 0 aliphatic rings. The fraction of sp³-hybridized carbons (Fsp3) is 0.300. The van der Waals surface area contributed by atoms with Crippen LogP contribution in [0.1, 0.15) is 12.5 Å². The van der Waals surface area contributed by atoms with Crippen LogP contribution in [0.5, 0.6) is 0 Å². The topological polar surface area (TPSA) is 55.6 Å². The van der Waals surface area contributed by atoms with Gasteiger partial charge in [0.05, 0.1) is 5.02 Å². The molecule has 2 heterocycles. The minimum atomic E-state index is 0.570. The zero-order valence-corrected chi connectivity index (χ0v) is 9.65. The van der Waals surface area contributed by atoms with Crippen LogP contribution in [-0.4, -0.2) is 26.3 Å². The second-order valence-corrected chi connectivity index (χ2v) is 3.68. The van der Waals surface area contributed by atoms with Crippen molar-refractivity contribution in [1.82, 2.24) is 25.1 Å². The Hall–Kier alpha value is -1.46. The zero-order chi connectivity index (χ0) is 11.4. The van der Waals surface area contributed by atoms with Crippen LogP contribution in [-0.2, 0) is 6.54 Å². The third kappa shape index (κ3) is 2.37. The fourth-order valence-electron chi connectivity index (χ4n) is 1.32. The van der Waals surface area contributed by atoms with Crippen molar-refractivity contribution in [2.45, 2.75) is 13.5 Å². The molecule has 0 spiro atoms. The quantitative estimate of drug-likeness (QED) is 0.874. The van der Waals surface area contributed by atoms with Gasteiger partial charge in [-0.3, -0.25) is 0 Å². The summed E-state index contributed by atoms with van der Waals surface area (Å²) in [5.74, 6) is 0.597. The maximum atomic E-state index is 6.12. The van der Waals surface area contributed by atoms with E-state index in [4.69, 9.17) is 11.6 Å². The van der Waals surface area contributed by atoms with E-state index in [9.17, 15) is 0 Å². The Bertz CT molecular complexity index is 454. The average Bonchev–Trinajstić information content (AvgIpc) is 2.80. The molecule has 0 aliphatic carbocycles. The molecule has 0 aromatic carbocycles. The van der Waals surface area contributed by atoms with E-state index in [0.29, 0.717) is 10.8 Å². The average molecular weight is 238 g/mol. The van der Waals surface area contributed by atoms with Crippen molar-refractivity contribution in [2.24, 2.45) is 0 Å². The van der Waals surface area contributed by atoms with E-state index in [1.54, 1.807) is 17.2 Å². The number of pyridine rings is 1. The predicted molar refractivity (Wildman–Crippen MR) is 61.5 cm³/mol. The van der Waals surface area contributed by atoms with Gasteiger partial charge >= 0.3 is 0 Å². The smallest absolute Gasteiger partial charge is 0.173 e. The van der Waals surface area contributed by atoms with Gasteiger partial charge in [-0.1, -0.05) is 18.5 Å². The molecule has 16 heavy (non-hydrogen) atoms. The van der Waals surface area contributed by atoms with E-state index < -0.39 is 0 Å². The Morgan fingerprint density at radius 2 is 2.38 bits per heavy atom. The highest BCUT2D eigenvalue weighted by Crippen LogP contribution is 2.17. The number of rotatable bonds is 4. The second kappa shape index (κ2) is 5.05. The van der Waals surface area contributed by atoms with Gasteiger partial charge in [-0.2, -0.15) is 5.10 Å². The number of halogens is 1. The molecule has 0 saturated carbocycles. The lowest BCUT2D eigenvalue weighted by atomic mass is 10.3. The Morgan fingerprint density at radius 1 is 1.50 bits per heavy atom. The molecule has 0 unspecified atom stereocenters. The van der Waals surface area contributed by atoms with Crippen molar-refractivity contribution in [3.05, 3.63) is 35.5 Å². The lowest BCUT2D eigenvalue weighted by Gasteiger charge is -2.05. The van der Waals surface area contributed by atoms with Gasteiger partial charge in [0.15, 0.2) is 5.82 Å². The first-order chi connectivity index (χ1) is 7.81. The van der Waals surface area contributed by atoms with Gasteiger partial charge in [-0.15, -0.1) is 0 Å². The van der Waals surface area contributed by atoms with Crippen LogP contribution in [0.3, 0.4) is 0 Å². The zero-order valence-electron chi connectivity index (χ0n) is 8.89. The molecular weight excluding hydrogens is 226 g/mol. The largest absolute Gasteiger partial charge is 0.313 e. The van der Waals surface area contributed by atoms with Gasteiger partial charge in [0.1, 0.15) is 12.7 Å². The molecule has 0 fully saturated rings. The highest BCUT2D eigenvalue weighted by Gasteiger charge is 2.05. The van der Waals surface area contributed by atoms with Crippen LogP contribution < -0.4 is 5.32 Å². The molecule has 2 aromatic rings. The van der Waals surface area contributed by atoms with Crippen molar-refractivity contribution < 1.29 is 0 Å². The van der Waals surface area contributed by atoms with E-state index in [1.165, 1.54) is 6.33 Å². The third-order valence-corrected chi connectivity index (χ3v) is 2.37. The van der Waals surface area contributed by atoms with Crippen LogP contribution in [0.2, 0.25) is 5.02 Å². The minimum Gasteiger partial charge on any atom is -0.313 e. The van der Waals surface area contributed by atoms with E-state index in [2.05, 4.69) is 27.3 Å². The van der Waals surface area contributed by atoms with Gasteiger partial charge in [-0.05, 0) is 18.2 Å². The normalized spacial score (nSPS) is 10.6. The second-order valence-electron chi connectivity index (χ2n) is 3.27. The first-order valence-electron chi connectivity index (χ1n) is 5.01. The molecule has 2 aromatic heterocycles. The Morgan fingerprint density at radius 3 is 3.00 bits per heavy atom. The van der Waals surface area contributed by atoms with Crippen molar-refractivity contribution in [3.63, 3.8) is 0 Å². The fourth-order valence-corrected chi connectivity index (χ4v) is 1.60. The molecule has 0 atom stereocenters. The van der Waals surface area contributed by atoms with Crippen LogP contribution in [0.4, 0.5) is 0 Å². The first kappa shape index (κ1) is 11.0. The van der Waals surface area contributed by atoms with Crippen molar-refractivity contribution in [3.8, 4) is 5.82 Å². The summed E-state index contributed by atoms with van der Waals surface area (Å²) in [5.41, 5.74) is 1.05. The van der Waals surface area contributed by atoms with Crippen molar-refractivity contribution >= 4 is 11.6 Å². The summed E-state index contributed by atoms with van der Waals surface area (Å²) in [6, 6.07) is 1.88. The lowest BCUT2D eigenvalue weighted by molar-refractivity contribution is 0.722. The highest BCUT2D eigenvalue weighted by atomic mass is 35.5. The summed E-state index contributed by atoms with van der Waals surface area (Å²) in [6.07, 6.45) is 4.80. The lowest BCUT2D eigenvalue weighted by Crippen LogP contribution is -2.12. The molecule has 0 bridgehead atoms. The van der Waals surface area contributed by atoms with Gasteiger partial charge in [-0.25, -0.2) is 14.6 Å². The Labute approximate surface area is 98.5 Å². The number of nitrogens with zero attached hydrogens (tertiary/aromatic N) is 4. The highest BCUT2D eigenvalue weighted by molar-refractivity contribution is 6.32. The summed E-state index contributed by atoms with van der Waals surface area (Å²) < 4.78 is 1.54. The summed E-state index contributed by atoms with van der Waals surface area (Å²) in [7, 11) is 0. The monoisotopic (exact) mass is 237 g/mol. The van der Waals surface area contributed by atoms with Crippen LogP contribution in [0.25, 0.3) is 5.82 Å². The SMILES string of the molecule is CCNCc1cnc(-n2cncn2)c(Cl)c1. The number of nitrogens with one attached hydrogen (secondary N) is 1. The molecule has 1 N–H and O–H groups in total. The van der Waals surface area contributed by atoms with Gasteiger partial charge in [0.2, 0.25) is 0 Å². The van der Waals surface area contributed by atoms with E-state index in [-0.39, 0.29) is 0 Å². The van der Waals surface area contributed by atoms with Gasteiger partial charge in [0.25, 0.3) is 0 Å². The van der Waals surface area contributed by atoms with E-state index >= 15 is 0 Å². The molecule has 6 heteroatoms. The minimum absolute atomic E-state index is 0.570. The van der Waals surface area contributed by atoms with Crippen molar-refractivity contribution in [1.29, 1.82) is 0 Å². The maximum Gasteiger partial charge on any atom is 0.173 e. The summed E-state index contributed by atoms with van der Waals surface area (Å²) in [5, 5.41) is 7.76. The summed E-state index contributed by atoms with van der Waals surface area (Å²) in [6.45, 7) is 3.74. The maximum absolute atomic E-state index is 6.12. The van der Waals surface area contributed by atoms with E-state index in [1.807, 2.05) is 6.07 Å². The first-order valence-corrected chi connectivity index (χ1v) is 5.39. The number of hydrogen-bond acceptors (Lipinski definition) is 4. The summed E-state index contributed by atoms with van der Waals surface area (Å²) in [4.78, 5) is 8.11. The van der Waals surface area contributed by atoms with Crippen LogP contribution in [0, 0.1) is 0 Å². The molecule has 84 valence electrons. The number of aromatic nitrogens is 4. The number of hydrogen-bond donors (Lipinski definition) is 1.